The molecule has 8 nitrogen and oxygen atoms in total. The number of ether oxygens (including phenoxy) is 1. The molecule has 2 aromatic heterocycles. The summed E-state index contributed by atoms with van der Waals surface area (Å²) >= 11 is 0. The number of H-pyrrole nitrogens is 1. The first kappa shape index (κ1) is 18.8. The SMILES string of the molecule is Cc1cc(F)c(-c2cc(Nc3cnc(C#N)cn3)n[nH]2)c(O[C@@H]2CC[C@@H](N)C2)c1. The number of anilines is 2. The molecule has 2 heterocycles. The van der Waals surface area contributed by atoms with Crippen molar-refractivity contribution in [3.63, 3.8) is 0 Å². The van der Waals surface area contributed by atoms with Crippen molar-refractivity contribution in [2.45, 2.75) is 38.3 Å². The monoisotopic (exact) mass is 393 g/mol. The number of nitrogens with zero attached hydrogens (tertiary/aromatic N) is 4. The summed E-state index contributed by atoms with van der Waals surface area (Å²) in [6.45, 7) is 1.82. The van der Waals surface area contributed by atoms with E-state index in [1.54, 1.807) is 6.07 Å². The molecule has 148 valence electrons. The zero-order valence-electron chi connectivity index (χ0n) is 15.8. The number of aryl methyl sites for hydroxylation is 1. The van der Waals surface area contributed by atoms with Crippen LogP contribution in [0.15, 0.2) is 30.6 Å². The summed E-state index contributed by atoms with van der Waals surface area (Å²) < 4.78 is 20.9. The highest BCUT2D eigenvalue weighted by Gasteiger charge is 2.25. The van der Waals surface area contributed by atoms with E-state index in [-0.39, 0.29) is 17.8 Å². The van der Waals surface area contributed by atoms with E-state index in [1.165, 1.54) is 18.5 Å². The number of nitrogens with one attached hydrogen (secondary N) is 2. The van der Waals surface area contributed by atoms with Gasteiger partial charge in [-0.05, 0) is 43.9 Å². The number of halogens is 1. The Labute approximate surface area is 166 Å². The van der Waals surface area contributed by atoms with Crippen molar-refractivity contribution in [3.8, 4) is 23.1 Å². The van der Waals surface area contributed by atoms with Crippen LogP contribution in [-0.2, 0) is 0 Å². The highest BCUT2D eigenvalue weighted by atomic mass is 19.1. The van der Waals surface area contributed by atoms with E-state index in [9.17, 15) is 4.39 Å². The van der Waals surface area contributed by atoms with Gasteiger partial charge in [0.1, 0.15) is 29.6 Å². The van der Waals surface area contributed by atoms with Crippen LogP contribution in [0.25, 0.3) is 11.3 Å². The lowest BCUT2D eigenvalue weighted by molar-refractivity contribution is 0.208. The van der Waals surface area contributed by atoms with Gasteiger partial charge in [-0.3, -0.25) is 5.10 Å². The Morgan fingerprint density at radius 2 is 2.10 bits per heavy atom. The largest absolute Gasteiger partial charge is 0.490 e. The number of aromatic nitrogens is 4. The molecule has 29 heavy (non-hydrogen) atoms. The first-order chi connectivity index (χ1) is 14.0. The van der Waals surface area contributed by atoms with Gasteiger partial charge in [-0.15, -0.1) is 0 Å². The Morgan fingerprint density at radius 1 is 1.24 bits per heavy atom. The minimum atomic E-state index is -0.393. The molecule has 4 rings (SSSR count). The van der Waals surface area contributed by atoms with E-state index in [1.807, 2.05) is 19.1 Å². The van der Waals surface area contributed by atoms with E-state index in [0.717, 1.165) is 24.8 Å². The average Bonchev–Trinajstić information content (AvgIpc) is 3.31. The van der Waals surface area contributed by atoms with Gasteiger partial charge in [-0.25, -0.2) is 14.4 Å². The van der Waals surface area contributed by atoms with Gasteiger partial charge in [0.05, 0.1) is 23.7 Å². The molecular weight excluding hydrogens is 373 g/mol. The summed E-state index contributed by atoms with van der Waals surface area (Å²) in [6.07, 6.45) is 5.26. The van der Waals surface area contributed by atoms with Gasteiger partial charge in [0.25, 0.3) is 0 Å². The third kappa shape index (κ3) is 4.17. The summed E-state index contributed by atoms with van der Waals surface area (Å²) in [4.78, 5) is 8.03. The third-order valence-corrected chi connectivity index (χ3v) is 4.79. The van der Waals surface area contributed by atoms with Crippen molar-refractivity contribution in [1.29, 1.82) is 5.26 Å². The summed E-state index contributed by atoms with van der Waals surface area (Å²) in [5.41, 5.74) is 7.76. The van der Waals surface area contributed by atoms with E-state index < -0.39 is 5.82 Å². The smallest absolute Gasteiger partial charge is 0.158 e. The van der Waals surface area contributed by atoms with Gasteiger partial charge in [-0.2, -0.15) is 10.4 Å². The molecule has 0 spiro atoms. The lowest BCUT2D eigenvalue weighted by Crippen LogP contribution is -2.19. The van der Waals surface area contributed by atoms with Crippen molar-refractivity contribution in [3.05, 3.63) is 47.7 Å². The Hall–Kier alpha value is -3.51. The molecule has 0 radical (unpaired) electrons. The van der Waals surface area contributed by atoms with Gasteiger partial charge in [0.2, 0.25) is 0 Å². The third-order valence-electron chi connectivity index (χ3n) is 4.79. The zero-order valence-corrected chi connectivity index (χ0v) is 15.8. The Bertz CT molecular complexity index is 1060. The van der Waals surface area contributed by atoms with Crippen LogP contribution in [0.2, 0.25) is 0 Å². The topological polar surface area (TPSA) is 126 Å². The number of hydrogen-bond donors (Lipinski definition) is 3. The van der Waals surface area contributed by atoms with Crippen LogP contribution in [-0.4, -0.2) is 32.3 Å². The van der Waals surface area contributed by atoms with Crippen molar-refractivity contribution in [1.82, 2.24) is 20.2 Å². The quantitative estimate of drug-likeness (QED) is 0.608. The number of nitriles is 1. The molecular formula is C20H20FN7O. The second kappa shape index (κ2) is 7.85. The minimum absolute atomic E-state index is 0.0283. The number of rotatable bonds is 5. The van der Waals surface area contributed by atoms with Crippen LogP contribution in [0.5, 0.6) is 5.75 Å². The molecule has 0 amide bonds. The fraction of sp³-hybridized carbons (Fsp3) is 0.300. The van der Waals surface area contributed by atoms with Gasteiger partial charge >= 0.3 is 0 Å². The summed E-state index contributed by atoms with van der Waals surface area (Å²) in [5, 5.41) is 18.8. The molecule has 4 N–H and O–H groups in total. The van der Waals surface area contributed by atoms with Crippen LogP contribution >= 0.6 is 0 Å². The van der Waals surface area contributed by atoms with Crippen LogP contribution in [0.1, 0.15) is 30.5 Å². The first-order valence-electron chi connectivity index (χ1n) is 9.29. The van der Waals surface area contributed by atoms with Crippen molar-refractivity contribution in [2.75, 3.05) is 5.32 Å². The van der Waals surface area contributed by atoms with Crippen LogP contribution in [0.4, 0.5) is 16.0 Å². The van der Waals surface area contributed by atoms with Crippen LogP contribution in [0.3, 0.4) is 0 Å². The Morgan fingerprint density at radius 3 is 2.79 bits per heavy atom. The molecule has 0 bridgehead atoms. The van der Waals surface area contributed by atoms with Gasteiger partial charge in [-0.1, -0.05) is 0 Å². The summed E-state index contributed by atoms with van der Waals surface area (Å²) in [6, 6.07) is 6.98. The molecule has 1 aliphatic rings. The molecule has 2 atom stereocenters. The second-order valence-electron chi connectivity index (χ2n) is 7.12. The van der Waals surface area contributed by atoms with E-state index in [0.29, 0.717) is 28.6 Å². The van der Waals surface area contributed by atoms with Crippen molar-refractivity contribution < 1.29 is 9.13 Å². The van der Waals surface area contributed by atoms with Gasteiger partial charge in [0, 0.05) is 12.1 Å². The van der Waals surface area contributed by atoms with Crippen molar-refractivity contribution >= 4 is 11.6 Å². The molecule has 0 saturated heterocycles. The second-order valence-corrected chi connectivity index (χ2v) is 7.12. The summed E-state index contributed by atoms with van der Waals surface area (Å²) in [7, 11) is 0. The molecule has 9 heteroatoms. The molecule has 1 aromatic carbocycles. The minimum Gasteiger partial charge on any atom is -0.490 e. The highest BCUT2D eigenvalue weighted by molar-refractivity contribution is 5.71. The molecule has 3 aromatic rings. The fourth-order valence-corrected chi connectivity index (χ4v) is 3.42. The lowest BCUT2D eigenvalue weighted by atomic mass is 10.1. The van der Waals surface area contributed by atoms with E-state index in [2.05, 4.69) is 25.5 Å². The normalized spacial score (nSPS) is 18.4. The highest BCUT2D eigenvalue weighted by Crippen LogP contribution is 2.36. The molecule has 1 aliphatic carbocycles. The predicted molar refractivity (Wildman–Crippen MR) is 105 cm³/mol. The zero-order chi connectivity index (χ0) is 20.4. The van der Waals surface area contributed by atoms with Gasteiger partial charge in [0.15, 0.2) is 11.5 Å². The standard InChI is InChI=1S/C20H20FN7O/c1-11-4-15(21)20(17(5-11)29-14-3-2-12(23)6-14)16-7-18(28-27-16)26-19-10-24-13(8-22)9-25-19/h4-5,7,9-10,12,14H,2-3,6,23H2,1H3,(H2,25,26,27,28)/t12-,14-/m1/s1. The van der Waals surface area contributed by atoms with E-state index >= 15 is 0 Å². The maximum absolute atomic E-state index is 14.8. The Kier molecular flexibility index (Phi) is 5.10. The van der Waals surface area contributed by atoms with Crippen molar-refractivity contribution in [2.24, 2.45) is 5.73 Å². The average molecular weight is 393 g/mol. The number of hydrogen-bond acceptors (Lipinski definition) is 7. The Balaban J connectivity index is 1.60. The van der Waals surface area contributed by atoms with Gasteiger partial charge < -0.3 is 15.8 Å². The molecule has 1 saturated carbocycles. The number of nitrogens with two attached hydrogens (primary N) is 1. The maximum Gasteiger partial charge on any atom is 0.158 e. The molecule has 0 unspecified atom stereocenters. The van der Waals surface area contributed by atoms with E-state index in [4.69, 9.17) is 15.7 Å². The number of aromatic amines is 1. The molecule has 0 aliphatic heterocycles. The van der Waals surface area contributed by atoms with Crippen LogP contribution < -0.4 is 15.8 Å². The number of benzene rings is 1. The first-order valence-corrected chi connectivity index (χ1v) is 9.29. The maximum atomic E-state index is 14.8. The summed E-state index contributed by atoms with van der Waals surface area (Å²) in [5.74, 6) is 0.932. The lowest BCUT2D eigenvalue weighted by Gasteiger charge is -2.17. The predicted octanol–water partition coefficient (Wildman–Crippen LogP) is 3.19. The fourth-order valence-electron chi connectivity index (χ4n) is 3.42. The molecule has 1 fully saturated rings. The van der Waals surface area contributed by atoms with Crippen LogP contribution in [0, 0.1) is 24.1 Å².